The Balaban J connectivity index is 1.72. The fourth-order valence-corrected chi connectivity index (χ4v) is 3.07. The number of likely N-dealkylation sites (tertiary alicyclic amines) is 2. The van der Waals surface area contributed by atoms with E-state index in [2.05, 4.69) is 17.1 Å². The lowest BCUT2D eigenvalue weighted by atomic mass is 10.0. The standard InChI is InChI=1S/C12H17N3O2/c1-8-11(3-13-17-8)12(16)15-6-9-4-14(2)5-10(9)7-15/h3,9-10H,4-7H2,1-2H3. The molecule has 1 aromatic heterocycles. The van der Waals surface area contributed by atoms with E-state index in [4.69, 9.17) is 4.52 Å². The molecular weight excluding hydrogens is 218 g/mol. The Bertz CT molecular complexity index is 429. The van der Waals surface area contributed by atoms with Gasteiger partial charge in [0.1, 0.15) is 11.3 Å². The molecule has 2 unspecified atom stereocenters. The van der Waals surface area contributed by atoms with Crippen LogP contribution in [0.3, 0.4) is 0 Å². The zero-order chi connectivity index (χ0) is 12.0. The molecule has 0 bridgehead atoms. The summed E-state index contributed by atoms with van der Waals surface area (Å²) in [6.45, 7) is 5.75. The van der Waals surface area contributed by atoms with Crippen molar-refractivity contribution in [1.29, 1.82) is 0 Å². The van der Waals surface area contributed by atoms with Crippen LogP contribution >= 0.6 is 0 Å². The monoisotopic (exact) mass is 235 g/mol. The molecule has 1 amide bonds. The van der Waals surface area contributed by atoms with Crippen LogP contribution in [0.15, 0.2) is 10.7 Å². The predicted molar refractivity (Wildman–Crippen MR) is 61.6 cm³/mol. The smallest absolute Gasteiger partial charge is 0.259 e. The summed E-state index contributed by atoms with van der Waals surface area (Å²) in [6.07, 6.45) is 1.53. The minimum Gasteiger partial charge on any atom is -0.361 e. The van der Waals surface area contributed by atoms with Crippen molar-refractivity contribution in [2.24, 2.45) is 11.8 Å². The van der Waals surface area contributed by atoms with Gasteiger partial charge in [-0.1, -0.05) is 5.16 Å². The third-order valence-electron chi connectivity index (χ3n) is 3.94. The van der Waals surface area contributed by atoms with E-state index >= 15 is 0 Å². The van der Waals surface area contributed by atoms with Crippen molar-refractivity contribution in [3.63, 3.8) is 0 Å². The van der Waals surface area contributed by atoms with Crippen LogP contribution in [-0.4, -0.2) is 54.1 Å². The highest BCUT2D eigenvalue weighted by atomic mass is 16.5. The molecule has 2 aliphatic heterocycles. The fraction of sp³-hybridized carbons (Fsp3) is 0.667. The number of nitrogens with zero attached hydrogens (tertiary/aromatic N) is 3. The molecule has 1 aromatic rings. The largest absolute Gasteiger partial charge is 0.361 e. The lowest BCUT2D eigenvalue weighted by Gasteiger charge is -2.18. The second-order valence-corrected chi connectivity index (χ2v) is 5.25. The number of carbonyl (C=O) groups excluding carboxylic acids is 1. The van der Waals surface area contributed by atoms with Crippen LogP contribution in [0.4, 0.5) is 0 Å². The molecule has 0 spiro atoms. The molecule has 3 heterocycles. The normalized spacial score (nSPS) is 28.7. The second-order valence-electron chi connectivity index (χ2n) is 5.25. The van der Waals surface area contributed by atoms with E-state index in [0.717, 1.165) is 26.2 Å². The summed E-state index contributed by atoms with van der Waals surface area (Å²) in [5, 5.41) is 3.67. The number of amides is 1. The van der Waals surface area contributed by atoms with Gasteiger partial charge in [0.25, 0.3) is 5.91 Å². The lowest BCUT2D eigenvalue weighted by Crippen LogP contribution is -2.32. The van der Waals surface area contributed by atoms with E-state index in [0.29, 0.717) is 23.2 Å². The Hall–Kier alpha value is -1.36. The van der Waals surface area contributed by atoms with Gasteiger partial charge in [0, 0.05) is 26.2 Å². The third-order valence-corrected chi connectivity index (χ3v) is 3.94. The van der Waals surface area contributed by atoms with Crippen LogP contribution in [-0.2, 0) is 0 Å². The quantitative estimate of drug-likeness (QED) is 0.716. The molecule has 5 heteroatoms. The molecule has 92 valence electrons. The Morgan fingerprint density at radius 3 is 2.53 bits per heavy atom. The first-order chi connectivity index (χ1) is 8.15. The Morgan fingerprint density at radius 2 is 2.00 bits per heavy atom. The van der Waals surface area contributed by atoms with Crippen LogP contribution in [0.2, 0.25) is 0 Å². The van der Waals surface area contributed by atoms with Crippen LogP contribution in [0, 0.1) is 18.8 Å². The lowest BCUT2D eigenvalue weighted by molar-refractivity contribution is 0.0774. The third kappa shape index (κ3) is 1.74. The molecule has 0 N–H and O–H groups in total. The molecule has 3 rings (SSSR count). The maximum Gasteiger partial charge on any atom is 0.259 e. The summed E-state index contributed by atoms with van der Waals surface area (Å²) in [4.78, 5) is 16.5. The van der Waals surface area contributed by atoms with E-state index < -0.39 is 0 Å². The van der Waals surface area contributed by atoms with Crippen molar-refractivity contribution in [3.8, 4) is 0 Å². The molecule has 0 aliphatic carbocycles. The molecule has 2 aliphatic rings. The Morgan fingerprint density at radius 1 is 1.35 bits per heavy atom. The minimum atomic E-state index is 0.0702. The molecule has 17 heavy (non-hydrogen) atoms. The van der Waals surface area contributed by atoms with Crippen molar-refractivity contribution in [2.75, 3.05) is 33.2 Å². The van der Waals surface area contributed by atoms with E-state index in [9.17, 15) is 4.79 Å². The highest BCUT2D eigenvalue weighted by molar-refractivity contribution is 5.95. The van der Waals surface area contributed by atoms with E-state index in [1.54, 1.807) is 6.92 Å². The number of fused-ring (bicyclic) bond motifs is 1. The summed E-state index contributed by atoms with van der Waals surface area (Å²) >= 11 is 0. The van der Waals surface area contributed by atoms with Gasteiger partial charge < -0.3 is 14.3 Å². The second kappa shape index (κ2) is 3.84. The fourth-order valence-electron chi connectivity index (χ4n) is 3.07. The summed E-state index contributed by atoms with van der Waals surface area (Å²) in [5.41, 5.74) is 0.610. The molecular formula is C12H17N3O2. The van der Waals surface area contributed by atoms with Crippen LogP contribution in [0.1, 0.15) is 16.1 Å². The summed E-state index contributed by atoms with van der Waals surface area (Å²) < 4.78 is 4.95. The highest BCUT2D eigenvalue weighted by Crippen LogP contribution is 2.31. The van der Waals surface area contributed by atoms with E-state index in [1.807, 2.05) is 4.90 Å². The van der Waals surface area contributed by atoms with Crippen LogP contribution in [0.5, 0.6) is 0 Å². The van der Waals surface area contributed by atoms with Crippen molar-refractivity contribution < 1.29 is 9.32 Å². The summed E-state index contributed by atoms with van der Waals surface area (Å²) in [7, 11) is 2.15. The molecule has 0 radical (unpaired) electrons. The van der Waals surface area contributed by atoms with Crippen LogP contribution < -0.4 is 0 Å². The topological polar surface area (TPSA) is 49.6 Å². The first-order valence-corrected chi connectivity index (χ1v) is 6.04. The molecule has 0 aromatic carbocycles. The van der Waals surface area contributed by atoms with Gasteiger partial charge in [0.05, 0.1) is 6.20 Å². The maximum absolute atomic E-state index is 12.3. The van der Waals surface area contributed by atoms with Crippen molar-refractivity contribution in [3.05, 3.63) is 17.5 Å². The molecule has 5 nitrogen and oxygen atoms in total. The predicted octanol–water partition coefficient (Wildman–Crippen LogP) is 0.617. The number of aromatic nitrogens is 1. The Kier molecular flexibility index (Phi) is 2.43. The average Bonchev–Trinajstić information content (AvgIpc) is 2.90. The van der Waals surface area contributed by atoms with Gasteiger partial charge in [0.2, 0.25) is 0 Å². The molecule has 2 fully saturated rings. The number of aryl methyl sites for hydroxylation is 1. The maximum atomic E-state index is 12.3. The zero-order valence-electron chi connectivity index (χ0n) is 10.2. The van der Waals surface area contributed by atoms with Gasteiger partial charge in [-0.15, -0.1) is 0 Å². The minimum absolute atomic E-state index is 0.0702. The summed E-state index contributed by atoms with van der Waals surface area (Å²) in [6, 6.07) is 0. The van der Waals surface area contributed by atoms with Crippen LogP contribution in [0.25, 0.3) is 0 Å². The molecule has 2 atom stereocenters. The molecule has 2 saturated heterocycles. The van der Waals surface area contributed by atoms with Gasteiger partial charge in [-0.2, -0.15) is 0 Å². The highest BCUT2D eigenvalue weighted by Gasteiger charge is 2.40. The van der Waals surface area contributed by atoms with E-state index in [-0.39, 0.29) is 5.91 Å². The average molecular weight is 235 g/mol. The molecule has 0 saturated carbocycles. The number of carbonyl (C=O) groups is 1. The van der Waals surface area contributed by atoms with Gasteiger partial charge in [-0.3, -0.25) is 4.79 Å². The van der Waals surface area contributed by atoms with Crippen molar-refractivity contribution in [1.82, 2.24) is 15.0 Å². The summed E-state index contributed by atoms with van der Waals surface area (Å²) in [5.74, 6) is 1.97. The first kappa shape index (κ1) is 10.8. The van der Waals surface area contributed by atoms with Gasteiger partial charge >= 0.3 is 0 Å². The van der Waals surface area contributed by atoms with Gasteiger partial charge in [-0.25, -0.2) is 0 Å². The Labute approximate surface area is 100 Å². The van der Waals surface area contributed by atoms with Crippen molar-refractivity contribution in [2.45, 2.75) is 6.92 Å². The number of rotatable bonds is 1. The number of hydrogen-bond acceptors (Lipinski definition) is 4. The van der Waals surface area contributed by atoms with Gasteiger partial charge in [0.15, 0.2) is 0 Å². The van der Waals surface area contributed by atoms with E-state index in [1.165, 1.54) is 6.20 Å². The SMILES string of the molecule is Cc1oncc1C(=O)N1CC2CN(C)CC2C1. The van der Waals surface area contributed by atoms with Crippen molar-refractivity contribution >= 4 is 5.91 Å². The first-order valence-electron chi connectivity index (χ1n) is 6.04. The van der Waals surface area contributed by atoms with Gasteiger partial charge in [-0.05, 0) is 25.8 Å². The number of hydrogen-bond donors (Lipinski definition) is 0. The zero-order valence-corrected chi connectivity index (χ0v) is 10.2.